The number of carboxylic acids is 1. The van der Waals surface area contributed by atoms with Crippen molar-refractivity contribution in [3.05, 3.63) is 11.6 Å². The van der Waals surface area contributed by atoms with Crippen molar-refractivity contribution < 1.29 is 9.90 Å². The maximum Gasteiger partial charge on any atom is 0.331 e. The van der Waals surface area contributed by atoms with Crippen LogP contribution < -0.4 is 5.32 Å². The van der Waals surface area contributed by atoms with Crippen molar-refractivity contribution in [3.8, 4) is 0 Å². The van der Waals surface area contributed by atoms with Gasteiger partial charge in [0.15, 0.2) is 0 Å². The van der Waals surface area contributed by atoms with E-state index in [4.69, 9.17) is 5.11 Å². The molecule has 3 heteroatoms. The lowest BCUT2D eigenvalue weighted by atomic mass is 9.83. The minimum Gasteiger partial charge on any atom is -0.478 e. The molecule has 1 fully saturated rings. The van der Waals surface area contributed by atoms with Gasteiger partial charge in [0.05, 0.1) is 0 Å². The highest BCUT2D eigenvalue weighted by atomic mass is 16.4. The molecule has 0 saturated heterocycles. The smallest absolute Gasteiger partial charge is 0.331 e. The van der Waals surface area contributed by atoms with E-state index >= 15 is 0 Å². The van der Waals surface area contributed by atoms with E-state index in [1.54, 1.807) is 6.08 Å². The van der Waals surface area contributed by atoms with E-state index in [0.717, 1.165) is 12.5 Å². The largest absolute Gasteiger partial charge is 0.478 e. The molecule has 1 saturated carbocycles. The van der Waals surface area contributed by atoms with Gasteiger partial charge in [-0.1, -0.05) is 32.3 Å². The van der Waals surface area contributed by atoms with Crippen molar-refractivity contribution in [1.82, 2.24) is 5.32 Å². The Labute approximate surface area is 91.6 Å². The van der Waals surface area contributed by atoms with E-state index in [2.05, 4.69) is 5.32 Å². The molecule has 2 N–H and O–H groups in total. The Morgan fingerprint density at radius 3 is 2.73 bits per heavy atom. The van der Waals surface area contributed by atoms with Crippen LogP contribution in [0.25, 0.3) is 0 Å². The Bertz CT molecular complexity index is 232. The highest BCUT2D eigenvalue weighted by molar-refractivity contribution is 5.86. The zero-order valence-electron chi connectivity index (χ0n) is 9.46. The van der Waals surface area contributed by atoms with Gasteiger partial charge in [-0.2, -0.15) is 0 Å². The van der Waals surface area contributed by atoms with Crippen molar-refractivity contribution in [3.63, 3.8) is 0 Å². The van der Waals surface area contributed by atoms with Crippen LogP contribution in [0, 0.1) is 5.92 Å². The van der Waals surface area contributed by atoms with Gasteiger partial charge < -0.3 is 10.4 Å². The molecule has 86 valence electrons. The second-order valence-electron chi connectivity index (χ2n) is 4.18. The Hall–Kier alpha value is -0.830. The quantitative estimate of drug-likeness (QED) is 0.501. The minimum absolute atomic E-state index is 0.506. The van der Waals surface area contributed by atoms with E-state index < -0.39 is 5.97 Å². The van der Waals surface area contributed by atoms with Gasteiger partial charge in [-0.15, -0.1) is 0 Å². The summed E-state index contributed by atoms with van der Waals surface area (Å²) in [6.45, 7) is 3.56. The van der Waals surface area contributed by atoms with Gasteiger partial charge in [0.1, 0.15) is 0 Å². The number of hydrogen-bond acceptors (Lipinski definition) is 2. The zero-order valence-corrected chi connectivity index (χ0v) is 9.46. The van der Waals surface area contributed by atoms with Crippen LogP contribution in [0.1, 0.15) is 39.0 Å². The van der Waals surface area contributed by atoms with Gasteiger partial charge in [-0.05, 0) is 25.3 Å². The monoisotopic (exact) mass is 211 g/mol. The fourth-order valence-electron chi connectivity index (χ4n) is 1.77. The molecule has 0 radical (unpaired) electrons. The summed E-state index contributed by atoms with van der Waals surface area (Å²) in [7, 11) is 0. The third kappa shape index (κ3) is 4.47. The molecule has 0 aromatic rings. The topological polar surface area (TPSA) is 49.3 Å². The van der Waals surface area contributed by atoms with Gasteiger partial charge in [-0.25, -0.2) is 4.79 Å². The second kappa shape index (κ2) is 6.62. The highest BCUT2D eigenvalue weighted by Crippen LogP contribution is 2.28. The van der Waals surface area contributed by atoms with Crippen LogP contribution in [-0.2, 0) is 4.79 Å². The first kappa shape index (κ1) is 12.2. The van der Waals surface area contributed by atoms with Crippen LogP contribution in [0.15, 0.2) is 11.6 Å². The fraction of sp³-hybridized carbons (Fsp3) is 0.750. The van der Waals surface area contributed by atoms with Crippen molar-refractivity contribution in [2.45, 2.75) is 39.0 Å². The molecule has 0 aromatic carbocycles. The first-order chi connectivity index (χ1) is 7.24. The molecule has 1 aliphatic rings. The van der Waals surface area contributed by atoms with Gasteiger partial charge in [0.25, 0.3) is 0 Å². The van der Waals surface area contributed by atoms with E-state index in [1.165, 1.54) is 25.7 Å². The van der Waals surface area contributed by atoms with E-state index in [9.17, 15) is 4.79 Å². The molecule has 0 spiro atoms. The van der Waals surface area contributed by atoms with Crippen LogP contribution >= 0.6 is 0 Å². The number of hydrogen-bond donors (Lipinski definition) is 2. The molecule has 3 nitrogen and oxygen atoms in total. The number of carboxylic acid groups (broad SMARTS) is 1. The van der Waals surface area contributed by atoms with E-state index in [-0.39, 0.29) is 0 Å². The van der Waals surface area contributed by atoms with E-state index in [0.29, 0.717) is 18.5 Å². The van der Waals surface area contributed by atoms with E-state index in [1.807, 2.05) is 6.92 Å². The standard InChI is InChI=1S/C12H21NO2/c1-2-11(12(14)15)7-9-13-8-6-10-4-3-5-10/h7,10,13H,2-6,8-9H2,1H3,(H,14,15). The fourth-order valence-corrected chi connectivity index (χ4v) is 1.77. The molecule has 0 amide bonds. The third-order valence-electron chi connectivity index (χ3n) is 3.10. The molecule has 0 aliphatic heterocycles. The zero-order chi connectivity index (χ0) is 11.1. The number of aliphatic carboxylic acids is 1. The summed E-state index contributed by atoms with van der Waals surface area (Å²) >= 11 is 0. The lowest BCUT2D eigenvalue weighted by molar-refractivity contribution is -0.132. The molecular formula is C12H21NO2. The lowest BCUT2D eigenvalue weighted by Crippen LogP contribution is -2.21. The number of carbonyl (C=O) groups is 1. The normalized spacial score (nSPS) is 17.5. The summed E-state index contributed by atoms with van der Waals surface area (Å²) in [5, 5.41) is 12.0. The maximum atomic E-state index is 10.7. The molecule has 1 aliphatic carbocycles. The molecule has 1 rings (SSSR count). The first-order valence-corrected chi connectivity index (χ1v) is 5.87. The van der Waals surface area contributed by atoms with Crippen LogP contribution in [-0.4, -0.2) is 24.2 Å². The molecule has 0 unspecified atom stereocenters. The summed E-state index contributed by atoms with van der Waals surface area (Å²) in [4.78, 5) is 10.7. The van der Waals surface area contributed by atoms with Crippen LogP contribution in [0.5, 0.6) is 0 Å². The number of rotatable bonds is 7. The van der Waals surface area contributed by atoms with Crippen LogP contribution in [0.4, 0.5) is 0 Å². The summed E-state index contributed by atoms with van der Waals surface area (Å²) in [5.74, 6) is 0.130. The van der Waals surface area contributed by atoms with Crippen molar-refractivity contribution in [1.29, 1.82) is 0 Å². The molecule has 0 heterocycles. The SMILES string of the molecule is CCC(=CCNCCC1CCC1)C(=O)O. The van der Waals surface area contributed by atoms with Gasteiger partial charge >= 0.3 is 5.97 Å². The third-order valence-corrected chi connectivity index (χ3v) is 3.10. The summed E-state index contributed by atoms with van der Waals surface area (Å²) in [6, 6.07) is 0. The Morgan fingerprint density at radius 2 is 2.27 bits per heavy atom. The number of nitrogens with one attached hydrogen (secondary N) is 1. The molecule has 0 aromatic heterocycles. The van der Waals surface area contributed by atoms with Gasteiger partial charge in [0.2, 0.25) is 0 Å². The molecule has 0 atom stereocenters. The average Bonchev–Trinajstić information content (AvgIpc) is 2.13. The lowest BCUT2D eigenvalue weighted by Gasteiger charge is -2.25. The van der Waals surface area contributed by atoms with Crippen LogP contribution in [0.3, 0.4) is 0 Å². The van der Waals surface area contributed by atoms with Crippen molar-refractivity contribution >= 4 is 5.97 Å². The minimum atomic E-state index is -0.793. The Kier molecular flexibility index (Phi) is 5.40. The summed E-state index contributed by atoms with van der Waals surface area (Å²) < 4.78 is 0. The summed E-state index contributed by atoms with van der Waals surface area (Å²) in [6.07, 6.45) is 7.77. The van der Waals surface area contributed by atoms with Crippen LogP contribution in [0.2, 0.25) is 0 Å². The highest BCUT2D eigenvalue weighted by Gasteiger charge is 2.15. The molecule has 0 bridgehead atoms. The van der Waals surface area contributed by atoms with Crippen molar-refractivity contribution in [2.75, 3.05) is 13.1 Å². The second-order valence-corrected chi connectivity index (χ2v) is 4.18. The predicted octanol–water partition coefficient (Wildman–Crippen LogP) is 2.19. The predicted molar refractivity (Wildman–Crippen MR) is 60.8 cm³/mol. The maximum absolute atomic E-state index is 10.7. The first-order valence-electron chi connectivity index (χ1n) is 5.87. The van der Waals surface area contributed by atoms with Gasteiger partial charge in [-0.3, -0.25) is 0 Å². The Morgan fingerprint density at radius 1 is 1.53 bits per heavy atom. The van der Waals surface area contributed by atoms with Gasteiger partial charge in [0, 0.05) is 12.1 Å². The molecule has 15 heavy (non-hydrogen) atoms. The summed E-state index contributed by atoms with van der Waals surface area (Å²) in [5.41, 5.74) is 0.506. The Balaban J connectivity index is 2.05. The average molecular weight is 211 g/mol. The van der Waals surface area contributed by atoms with Crippen molar-refractivity contribution in [2.24, 2.45) is 5.92 Å². The molecular weight excluding hydrogens is 190 g/mol.